The number of ether oxygens (including phenoxy) is 1. The van der Waals surface area contributed by atoms with Crippen LogP contribution in [0.15, 0.2) is 30.6 Å². The summed E-state index contributed by atoms with van der Waals surface area (Å²) in [7, 11) is 0. The normalized spacial score (nSPS) is 15.0. The van der Waals surface area contributed by atoms with E-state index in [9.17, 15) is 13.6 Å². The van der Waals surface area contributed by atoms with Gasteiger partial charge in [-0.1, -0.05) is 0 Å². The molecule has 2 N–H and O–H groups in total. The zero-order chi connectivity index (χ0) is 17.8. The van der Waals surface area contributed by atoms with Gasteiger partial charge in [-0.05, 0) is 12.1 Å². The Labute approximate surface area is 142 Å². The highest BCUT2D eigenvalue weighted by Crippen LogP contribution is 2.23. The lowest BCUT2D eigenvalue weighted by Crippen LogP contribution is -2.41. The van der Waals surface area contributed by atoms with Gasteiger partial charge in [-0.25, -0.2) is 23.5 Å². The van der Waals surface area contributed by atoms with E-state index in [-0.39, 0.29) is 23.5 Å². The summed E-state index contributed by atoms with van der Waals surface area (Å²) in [6.45, 7) is 0.787. The number of aromatic nitrogens is 2. The predicted octanol–water partition coefficient (Wildman–Crippen LogP) is 3.02. The molecule has 0 bridgehead atoms. The van der Waals surface area contributed by atoms with E-state index in [1.54, 1.807) is 0 Å². The molecule has 0 atom stereocenters. The van der Waals surface area contributed by atoms with E-state index >= 15 is 0 Å². The lowest BCUT2D eigenvalue weighted by molar-refractivity contribution is 0.0870. The molecule has 0 saturated carbocycles. The third-order valence-electron chi connectivity index (χ3n) is 3.83. The number of carboxylic acid groups (broad SMARTS) is 1. The number of halogens is 2. The first kappa shape index (κ1) is 16.9. The van der Waals surface area contributed by atoms with Crippen molar-refractivity contribution in [3.8, 4) is 5.88 Å². The number of rotatable bonds is 4. The third-order valence-corrected chi connectivity index (χ3v) is 3.83. The number of hydrogen-bond acceptors (Lipinski definition) is 5. The molecule has 0 spiro atoms. The van der Waals surface area contributed by atoms with Gasteiger partial charge in [0.2, 0.25) is 5.88 Å². The Hall–Kier alpha value is -2.97. The summed E-state index contributed by atoms with van der Waals surface area (Å²) in [4.78, 5) is 20.2. The predicted molar refractivity (Wildman–Crippen MR) is 84.9 cm³/mol. The van der Waals surface area contributed by atoms with Gasteiger partial charge in [-0.2, -0.15) is 0 Å². The highest BCUT2D eigenvalue weighted by Gasteiger charge is 2.23. The van der Waals surface area contributed by atoms with E-state index in [1.165, 1.54) is 17.3 Å². The van der Waals surface area contributed by atoms with Crippen LogP contribution in [0.1, 0.15) is 12.8 Å². The molecule has 0 aliphatic carbocycles. The van der Waals surface area contributed by atoms with Crippen molar-refractivity contribution in [2.24, 2.45) is 0 Å². The fourth-order valence-corrected chi connectivity index (χ4v) is 2.54. The second kappa shape index (κ2) is 7.29. The fourth-order valence-electron chi connectivity index (χ4n) is 2.54. The minimum atomic E-state index is -0.941. The number of carbonyl (C=O) groups is 1. The van der Waals surface area contributed by atoms with Crippen molar-refractivity contribution >= 4 is 17.6 Å². The van der Waals surface area contributed by atoms with Crippen molar-refractivity contribution in [2.45, 2.75) is 18.9 Å². The second-order valence-electron chi connectivity index (χ2n) is 5.58. The minimum absolute atomic E-state index is 0.0422. The summed E-state index contributed by atoms with van der Waals surface area (Å²) >= 11 is 0. The Morgan fingerprint density at radius 3 is 2.72 bits per heavy atom. The molecule has 7 nitrogen and oxygen atoms in total. The summed E-state index contributed by atoms with van der Waals surface area (Å²) in [6, 6.07) is 4.55. The van der Waals surface area contributed by atoms with E-state index in [0.717, 1.165) is 18.2 Å². The van der Waals surface area contributed by atoms with Crippen LogP contribution >= 0.6 is 0 Å². The molecular formula is C16H16F2N4O3. The molecule has 2 aromatic rings. The van der Waals surface area contributed by atoms with Crippen LogP contribution in [0, 0.1) is 11.6 Å². The van der Waals surface area contributed by atoms with Gasteiger partial charge in [0.25, 0.3) is 0 Å². The zero-order valence-corrected chi connectivity index (χ0v) is 13.2. The van der Waals surface area contributed by atoms with Crippen LogP contribution in [0.5, 0.6) is 5.88 Å². The number of piperidine rings is 1. The largest absolute Gasteiger partial charge is 0.474 e. The standard InChI is InChI=1S/C16H16F2N4O3/c17-10-1-2-12(18)13(7-10)21-14-8-15(20-9-19-14)25-11-3-5-22(6-4-11)16(23)24/h1-2,7-9,11H,3-6H2,(H,23,24)(H,19,20,21). The Morgan fingerprint density at radius 1 is 1.24 bits per heavy atom. The maximum atomic E-state index is 13.7. The first-order valence-electron chi connectivity index (χ1n) is 7.70. The van der Waals surface area contributed by atoms with Crippen LogP contribution in [0.2, 0.25) is 0 Å². The highest BCUT2D eigenvalue weighted by atomic mass is 19.1. The number of nitrogens with zero attached hydrogens (tertiary/aromatic N) is 3. The van der Waals surface area contributed by atoms with Crippen LogP contribution in [0.25, 0.3) is 0 Å². The van der Waals surface area contributed by atoms with Crippen LogP contribution in [0.4, 0.5) is 25.1 Å². The molecule has 3 rings (SSSR count). The van der Waals surface area contributed by atoms with Gasteiger partial charge < -0.3 is 20.1 Å². The summed E-state index contributed by atoms with van der Waals surface area (Å²) in [5, 5.41) is 11.6. The van der Waals surface area contributed by atoms with Gasteiger partial charge in [0.05, 0.1) is 5.69 Å². The number of benzene rings is 1. The van der Waals surface area contributed by atoms with E-state index in [2.05, 4.69) is 15.3 Å². The molecule has 0 radical (unpaired) electrons. The average Bonchev–Trinajstić information content (AvgIpc) is 2.59. The van der Waals surface area contributed by atoms with Gasteiger partial charge in [0.1, 0.15) is 29.9 Å². The Morgan fingerprint density at radius 2 is 2.00 bits per heavy atom. The topological polar surface area (TPSA) is 87.6 Å². The van der Waals surface area contributed by atoms with Crippen molar-refractivity contribution in [3.05, 3.63) is 42.2 Å². The Bertz CT molecular complexity index is 767. The zero-order valence-electron chi connectivity index (χ0n) is 13.2. The summed E-state index contributed by atoms with van der Waals surface area (Å²) in [5.74, 6) is -0.635. The first-order valence-corrected chi connectivity index (χ1v) is 7.70. The molecule has 1 aromatic heterocycles. The van der Waals surface area contributed by atoms with Crippen molar-refractivity contribution in [1.29, 1.82) is 0 Å². The average molecular weight is 350 g/mol. The number of likely N-dealkylation sites (tertiary alicyclic amines) is 1. The highest BCUT2D eigenvalue weighted by molar-refractivity contribution is 5.65. The van der Waals surface area contributed by atoms with E-state index < -0.39 is 17.7 Å². The smallest absolute Gasteiger partial charge is 0.407 e. The maximum absolute atomic E-state index is 13.7. The van der Waals surface area contributed by atoms with Gasteiger partial charge in [-0.3, -0.25) is 0 Å². The second-order valence-corrected chi connectivity index (χ2v) is 5.58. The van der Waals surface area contributed by atoms with Gasteiger partial charge in [-0.15, -0.1) is 0 Å². The minimum Gasteiger partial charge on any atom is -0.474 e. The molecule has 132 valence electrons. The first-order chi connectivity index (χ1) is 12.0. The third kappa shape index (κ3) is 4.31. The van der Waals surface area contributed by atoms with Crippen molar-refractivity contribution in [2.75, 3.05) is 18.4 Å². The molecule has 0 unspecified atom stereocenters. The van der Waals surface area contributed by atoms with Crippen molar-refractivity contribution < 1.29 is 23.4 Å². The van der Waals surface area contributed by atoms with E-state index in [1.807, 2.05) is 0 Å². The lowest BCUT2D eigenvalue weighted by Gasteiger charge is -2.29. The lowest BCUT2D eigenvalue weighted by atomic mass is 10.1. The van der Waals surface area contributed by atoms with Crippen molar-refractivity contribution in [1.82, 2.24) is 14.9 Å². The van der Waals surface area contributed by atoms with Crippen LogP contribution in [-0.4, -0.2) is 45.3 Å². The van der Waals surface area contributed by atoms with Crippen LogP contribution < -0.4 is 10.1 Å². The molecule has 2 heterocycles. The molecule has 1 aliphatic heterocycles. The van der Waals surface area contributed by atoms with E-state index in [0.29, 0.717) is 25.9 Å². The fraction of sp³-hybridized carbons (Fsp3) is 0.312. The van der Waals surface area contributed by atoms with Crippen molar-refractivity contribution in [3.63, 3.8) is 0 Å². The quantitative estimate of drug-likeness (QED) is 0.881. The van der Waals surface area contributed by atoms with Gasteiger partial charge >= 0.3 is 6.09 Å². The summed E-state index contributed by atoms with van der Waals surface area (Å²) in [6.07, 6.45) is 1.25. The SMILES string of the molecule is O=C(O)N1CCC(Oc2cc(Nc3cc(F)ccc3F)ncn2)CC1. The monoisotopic (exact) mass is 350 g/mol. The number of nitrogens with one attached hydrogen (secondary N) is 1. The van der Waals surface area contributed by atoms with Gasteiger partial charge in [0.15, 0.2) is 0 Å². The Kier molecular flexibility index (Phi) is 4.92. The molecule has 1 amide bonds. The molecule has 1 fully saturated rings. The summed E-state index contributed by atoms with van der Waals surface area (Å²) in [5.41, 5.74) is -0.0422. The summed E-state index contributed by atoms with van der Waals surface area (Å²) < 4.78 is 32.6. The van der Waals surface area contributed by atoms with E-state index in [4.69, 9.17) is 9.84 Å². The molecular weight excluding hydrogens is 334 g/mol. The molecule has 25 heavy (non-hydrogen) atoms. The molecule has 1 aromatic carbocycles. The Balaban J connectivity index is 1.64. The van der Waals surface area contributed by atoms with Crippen LogP contribution in [-0.2, 0) is 0 Å². The number of anilines is 2. The maximum Gasteiger partial charge on any atom is 0.407 e. The molecule has 9 heteroatoms. The van der Waals surface area contributed by atoms with Gasteiger partial charge in [0, 0.05) is 38.1 Å². The number of amides is 1. The molecule has 1 saturated heterocycles. The number of hydrogen-bond donors (Lipinski definition) is 2. The van der Waals surface area contributed by atoms with Crippen LogP contribution in [0.3, 0.4) is 0 Å². The molecule has 1 aliphatic rings.